The van der Waals surface area contributed by atoms with E-state index in [-0.39, 0.29) is 0 Å². The Labute approximate surface area is 146 Å². The SMILES string of the molecule is CCOC1=CC(c2cc3ccccc3[nH]2)=NC1=Cc1[nH]c(C)cc1C. The van der Waals surface area contributed by atoms with Crippen LogP contribution in [0.3, 0.4) is 0 Å². The van der Waals surface area contributed by atoms with Crippen LogP contribution in [0.15, 0.2) is 58.9 Å². The maximum atomic E-state index is 5.81. The molecule has 0 saturated heterocycles. The van der Waals surface area contributed by atoms with Crippen LogP contribution in [0.4, 0.5) is 0 Å². The Morgan fingerprint density at radius 1 is 1.12 bits per heavy atom. The maximum absolute atomic E-state index is 5.81. The van der Waals surface area contributed by atoms with Crippen LogP contribution in [0.5, 0.6) is 0 Å². The number of hydrogen-bond acceptors (Lipinski definition) is 2. The molecule has 3 aromatic rings. The highest BCUT2D eigenvalue weighted by Gasteiger charge is 2.19. The first-order valence-corrected chi connectivity index (χ1v) is 8.53. The van der Waals surface area contributed by atoms with Crippen molar-refractivity contribution >= 4 is 22.7 Å². The number of nitrogens with one attached hydrogen (secondary N) is 2. The topological polar surface area (TPSA) is 53.2 Å². The molecule has 0 bridgehead atoms. The minimum absolute atomic E-state index is 0.613. The molecule has 1 aliphatic rings. The molecular formula is C21H21N3O. The zero-order valence-electron chi connectivity index (χ0n) is 14.7. The van der Waals surface area contributed by atoms with Crippen LogP contribution in [-0.2, 0) is 4.74 Å². The Morgan fingerprint density at radius 2 is 1.96 bits per heavy atom. The molecular weight excluding hydrogens is 310 g/mol. The first-order chi connectivity index (χ1) is 12.1. The number of aliphatic imine (C=N–C) groups is 1. The van der Waals surface area contributed by atoms with E-state index < -0.39 is 0 Å². The third kappa shape index (κ3) is 2.91. The van der Waals surface area contributed by atoms with Crippen molar-refractivity contribution in [3.8, 4) is 0 Å². The van der Waals surface area contributed by atoms with Gasteiger partial charge < -0.3 is 14.7 Å². The Balaban J connectivity index is 1.76. The summed E-state index contributed by atoms with van der Waals surface area (Å²) in [5.41, 5.74) is 7.27. The average molecular weight is 331 g/mol. The minimum Gasteiger partial charge on any atom is -0.492 e. The Morgan fingerprint density at radius 3 is 2.68 bits per heavy atom. The lowest BCUT2D eigenvalue weighted by Crippen LogP contribution is -1.94. The van der Waals surface area contributed by atoms with Crippen molar-refractivity contribution < 1.29 is 4.74 Å². The van der Waals surface area contributed by atoms with Crippen LogP contribution in [0.2, 0.25) is 0 Å². The highest BCUT2D eigenvalue weighted by atomic mass is 16.5. The summed E-state index contributed by atoms with van der Waals surface area (Å²) in [7, 11) is 0. The molecule has 4 heteroatoms. The summed E-state index contributed by atoms with van der Waals surface area (Å²) in [4.78, 5) is 11.6. The molecule has 0 unspecified atom stereocenters. The Kier molecular flexibility index (Phi) is 3.80. The summed E-state index contributed by atoms with van der Waals surface area (Å²) in [6, 6.07) is 12.5. The molecule has 4 rings (SSSR count). The van der Waals surface area contributed by atoms with E-state index in [1.807, 2.05) is 25.1 Å². The highest BCUT2D eigenvalue weighted by molar-refractivity contribution is 6.13. The smallest absolute Gasteiger partial charge is 0.147 e. The minimum atomic E-state index is 0.613. The van der Waals surface area contributed by atoms with Crippen molar-refractivity contribution in [3.05, 3.63) is 76.6 Å². The van der Waals surface area contributed by atoms with Crippen LogP contribution in [0.25, 0.3) is 17.0 Å². The van der Waals surface area contributed by atoms with E-state index >= 15 is 0 Å². The maximum Gasteiger partial charge on any atom is 0.147 e. The van der Waals surface area contributed by atoms with Gasteiger partial charge in [0, 0.05) is 28.4 Å². The third-order valence-electron chi connectivity index (χ3n) is 4.34. The van der Waals surface area contributed by atoms with Crippen LogP contribution in [-0.4, -0.2) is 22.3 Å². The van der Waals surface area contributed by atoms with Gasteiger partial charge in [0.25, 0.3) is 0 Å². The normalized spacial score (nSPS) is 15.7. The predicted molar refractivity (Wildman–Crippen MR) is 103 cm³/mol. The fraction of sp³-hybridized carbons (Fsp3) is 0.190. The zero-order chi connectivity index (χ0) is 17.4. The first-order valence-electron chi connectivity index (χ1n) is 8.53. The fourth-order valence-corrected chi connectivity index (χ4v) is 3.18. The Bertz CT molecular complexity index is 998. The van der Waals surface area contributed by atoms with E-state index in [2.05, 4.69) is 54.2 Å². The number of hydrogen-bond donors (Lipinski definition) is 2. The average Bonchev–Trinajstić information content (AvgIpc) is 3.26. The summed E-state index contributed by atoms with van der Waals surface area (Å²) in [5.74, 6) is 0.808. The van der Waals surface area contributed by atoms with Crippen molar-refractivity contribution in [3.63, 3.8) is 0 Å². The van der Waals surface area contributed by atoms with Gasteiger partial charge in [-0.1, -0.05) is 18.2 Å². The number of ether oxygens (including phenoxy) is 1. The van der Waals surface area contributed by atoms with Gasteiger partial charge in [-0.05, 0) is 50.6 Å². The third-order valence-corrected chi connectivity index (χ3v) is 4.34. The quantitative estimate of drug-likeness (QED) is 0.703. The number of fused-ring (bicyclic) bond motifs is 1. The number of para-hydroxylation sites is 1. The number of benzene rings is 1. The summed E-state index contributed by atoms with van der Waals surface area (Å²) >= 11 is 0. The van der Waals surface area contributed by atoms with Crippen molar-refractivity contribution in [2.45, 2.75) is 20.8 Å². The number of aromatic nitrogens is 2. The summed E-state index contributed by atoms with van der Waals surface area (Å²) < 4.78 is 5.81. The van der Waals surface area contributed by atoms with Crippen LogP contribution in [0.1, 0.15) is 29.6 Å². The van der Waals surface area contributed by atoms with Crippen molar-refractivity contribution in [1.82, 2.24) is 9.97 Å². The van der Waals surface area contributed by atoms with E-state index in [0.717, 1.165) is 39.8 Å². The molecule has 0 atom stereocenters. The standard InChI is InChI=1S/C21H21N3O/c1-4-25-21-12-19(18-10-15-7-5-6-8-16(15)23-18)24-20(21)11-17-13(2)9-14(3)22-17/h5-12,22-23H,4H2,1-3H3. The lowest BCUT2D eigenvalue weighted by atomic mass is 10.2. The molecule has 25 heavy (non-hydrogen) atoms. The molecule has 0 spiro atoms. The monoisotopic (exact) mass is 331 g/mol. The van der Waals surface area contributed by atoms with Crippen molar-refractivity contribution in [2.24, 2.45) is 4.99 Å². The molecule has 1 aliphatic heterocycles. The molecule has 0 saturated carbocycles. The summed E-state index contributed by atoms with van der Waals surface area (Å²) in [6.07, 6.45) is 4.06. The molecule has 126 valence electrons. The molecule has 0 fully saturated rings. The molecule has 0 amide bonds. The molecule has 3 heterocycles. The molecule has 1 aromatic carbocycles. The number of aromatic amines is 2. The number of nitrogens with zero attached hydrogens (tertiary/aromatic N) is 1. The number of allylic oxidation sites excluding steroid dienone is 1. The van der Waals surface area contributed by atoms with Gasteiger partial charge in [-0.15, -0.1) is 0 Å². The molecule has 0 radical (unpaired) electrons. The summed E-state index contributed by atoms with van der Waals surface area (Å²) in [5, 5.41) is 1.18. The second-order valence-electron chi connectivity index (χ2n) is 6.29. The van der Waals surface area contributed by atoms with Gasteiger partial charge >= 0.3 is 0 Å². The lowest BCUT2D eigenvalue weighted by molar-refractivity contribution is 0.239. The second-order valence-corrected chi connectivity index (χ2v) is 6.29. The van der Waals surface area contributed by atoms with Crippen molar-refractivity contribution in [1.29, 1.82) is 0 Å². The number of aryl methyl sites for hydroxylation is 2. The van der Waals surface area contributed by atoms with E-state index in [1.165, 1.54) is 10.9 Å². The van der Waals surface area contributed by atoms with E-state index in [4.69, 9.17) is 9.73 Å². The van der Waals surface area contributed by atoms with Crippen LogP contribution < -0.4 is 0 Å². The lowest BCUT2D eigenvalue weighted by Gasteiger charge is -2.04. The van der Waals surface area contributed by atoms with Crippen LogP contribution in [0, 0.1) is 13.8 Å². The van der Waals surface area contributed by atoms with Gasteiger partial charge in [0.05, 0.1) is 18.0 Å². The first kappa shape index (κ1) is 15.5. The Hall–Kier alpha value is -3.01. The van der Waals surface area contributed by atoms with Gasteiger partial charge in [-0.3, -0.25) is 0 Å². The van der Waals surface area contributed by atoms with Gasteiger partial charge in [0.15, 0.2) is 0 Å². The van der Waals surface area contributed by atoms with E-state index in [1.54, 1.807) is 0 Å². The largest absolute Gasteiger partial charge is 0.492 e. The zero-order valence-corrected chi connectivity index (χ0v) is 14.7. The number of H-pyrrole nitrogens is 2. The van der Waals surface area contributed by atoms with Gasteiger partial charge in [-0.2, -0.15) is 0 Å². The molecule has 2 N–H and O–H groups in total. The fourth-order valence-electron chi connectivity index (χ4n) is 3.18. The second kappa shape index (κ2) is 6.13. The van der Waals surface area contributed by atoms with Crippen molar-refractivity contribution in [2.75, 3.05) is 6.61 Å². The molecule has 0 aliphatic carbocycles. The van der Waals surface area contributed by atoms with Gasteiger partial charge in [-0.25, -0.2) is 4.99 Å². The van der Waals surface area contributed by atoms with Gasteiger partial charge in [0.1, 0.15) is 11.5 Å². The van der Waals surface area contributed by atoms with E-state index in [0.29, 0.717) is 6.61 Å². The van der Waals surface area contributed by atoms with E-state index in [9.17, 15) is 0 Å². The number of rotatable bonds is 4. The van der Waals surface area contributed by atoms with Gasteiger partial charge in [0.2, 0.25) is 0 Å². The predicted octanol–water partition coefficient (Wildman–Crippen LogP) is 4.88. The highest BCUT2D eigenvalue weighted by Crippen LogP contribution is 2.27. The summed E-state index contributed by atoms with van der Waals surface area (Å²) in [6.45, 7) is 6.75. The van der Waals surface area contributed by atoms with Crippen LogP contribution >= 0.6 is 0 Å². The molecule has 2 aromatic heterocycles. The molecule has 4 nitrogen and oxygen atoms in total.